The summed E-state index contributed by atoms with van der Waals surface area (Å²) < 4.78 is 0. The van der Waals surface area contributed by atoms with E-state index in [-0.39, 0.29) is 16.7 Å². The molecule has 4 rings (SSSR count). The van der Waals surface area contributed by atoms with Crippen molar-refractivity contribution in [3.8, 4) is 0 Å². The fourth-order valence-electron chi connectivity index (χ4n) is 3.33. The number of rotatable bonds is 5. The van der Waals surface area contributed by atoms with E-state index in [2.05, 4.69) is 0 Å². The minimum absolute atomic E-state index is 0.0786. The van der Waals surface area contributed by atoms with Gasteiger partial charge in [-0.15, -0.1) is 11.8 Å². The lowest BCUT2D eigenvalue weighted by Gasteiger charge is -2.34. The van der Waals surface area contributed by atoms with Crippen LogP contribution in [0.25, 0.3) is 0 Å². The van der Waals surface area contributed by atoms with Crippen molar-refractivity contribution in [2.45, 2.75) is 37.0 Å². The molecule has 0 saturated carbocycles. The molecule has 0 fully saturated rings. The highest BCUT2D eigenvalue weighted by Crippen LogP contribution is 2.40. The Balaban J connectivity index is 0.00000124. The van der Waals surface area contributed by atoms with Crippen molar-refractivity contribution >= 4 is 29.3 Å². The Labute approximate surface area is 181 Å². The number of nitrogens with zero attached hydrogens (tertiary/aromatic N) is 1. The molecule has 1 N–H and O–H groups in total. The molecule has 30 heavy (non-hydrogen) atoms. The summed E-state index contributed by atoms with van der Waals surface area (Å²) in [5, 5.41) is 8.82. The van der Waals surface area contributed by atoms with Gasteiger partial charge >= 0.3 is 5.97 Å². The summed E-state index contributed by atoms with van der Waals surface area (Å²) >= 11 is 1.58. The second-order valence-electron chi connectivity index (χ2n) is 6.69. The average molecular weight is 420 g/mol. The van der Waals surface area contributed by atoms with Crippen LogP contribution in [0.15, 0.2) is 83.8 Å². The van der Waals surface area contributed by atoms with Crippen molar-refractivity contribution in [2.75, 3.05) is 4.90 Å². The molecule has 0 saturated heterocycles. The third kappa shape index (κ3) is 4.92. The Bertz CT molecular complexity index is 1000. The molecule has 1 amide bonds. The maximum atomic E-state index is 13.3. The maximum Gasteiger partial charge on any atom is 0.335 e. The summed E-state index contributed by atoms with van der Waals surface area (Å²) in [5.74, 6) is -0.868. The Morgan fingerprint density at radius 2 is 1.53 bits per heavy atom. The minimum Gasteiger partial charge on any atom is -0.478 e. The first-order chi connectivity index (χ1) is 14.6. The summed E-state index contributed by atoms with van der Waals surface area (Å²) in [5.41, 5.74) is 3.23. The summed E-state index contributed by atoms with van der Waals surface area (Å²) in [6.07, 6.45) is 0.559. The molecule has 0 aliphatic carbocycles. The van der Waals surface area contributed by atoms with Gasteiger partial charge in [-0.2, -0.15) is 0 Å². The molecule has 4 nitrogen and oxygen atoms in total. The monoisotopic (exact) mass is 419 g/mol. The number of para-hydroxylation sites is 1. The Hall–Kier alpha value is -3.05. The lowest BCUT2D eigenvalue weighted by molar-refractivity contribution is -0.118. The third-order valence-corrected chi connectivity index (χ3v) is 6.02. The van der Waals surface area contributed by atoms with E-state index < -0.39 is 5.97 Å². The summed E-state index contributed by atoms with van der Waals surface area (Å²) in [6, 6.07) is 24.7. The van der Waals surface area contributed by atoms with Crippen molar-refractivity contribution in [1.82, 2.24) is 0 Å². The van der Waals surface area contributed by atoms with Crippen LogP contribution in [0.2, 0.25) is 0 Å². The number of benzene rings is 3. The third-order valence-electron chi connectivity index (χ3n) is 4.77. The van der Waals surface area contributed by atoms with Gasteiger partial charge in [0.05, 0.1) is 23.0 Å². The van der Waals surface area contributed by atoms with E-state index in [1.807, 2.05) is 73.3 Å². The Morgan fingerprint density at radius 3 is 2.20 bits per heavy atom. The van der Waals surface area contributed by atoms with E-state index in [9.17, 15) is 9.59 Å². The fourth-order valence-corrected chi connectivity index (χ4v) is 4.60. The summed E-state index contributed by atoms with van der Waals surface area (Å²) in [4.78, 5) is 27.3. The van der Waals surface area contributed by atoms with Crippen molar-refractivity contribution in [1.29, 1.82) is 0 Å². The Morgan fingerprint density at radius 1 is 0.900 bits per heavy atom. The van der Waals surface area contributed by atoms with Gasteiger partial charge in [0.2, 0.25) is 5.91 Å². The van der Waals surface area contributed by atoms with Crippen LogP contribution in [0.4, 0.5) is 5.69 Å². The zero-order valence-corrected chi connectivity index (χ0v) is 17.9. The second kappa shape index (κ2) is 10.1. The van der Waals surface area contributed by atoms with Crippen LogP contribution in [-0.4, -0.2) is 22.2 Å². The molecule has 0 radical (unpaired) electrons. The molecule has 1 aliphatic heterocycles. The van der Waals surface area contributed by atoms with Gasteiger partial charge in [-0.25, -0.2) is 4.79 Å². The normalized spacial score (nSPS) is 15.1. The van der Waals surface area contributed by atoms with E-state index in [0.29, 0.717) is 13.0 Å². The van der Waals surface area contributed by atoms with Crippen LogP contribution in [0, 0.1) is 0 Å². The molecule has 3 aromatic rings. The van der Waals surface area contributed by atoms with Gasteiger partial charge < -0.3 is 10.0 Å². The van der Waals surface area contributed by atoms with Gasteiger partial charge in [-0.3, -0.25) is 4.79 Å². The smallest absolute Gasteiger partial charge is 0.335 e. The highest BCUT2D eigenvalue weighted by atomic mass is 32.2. The molecule has 5 heteroatoms. The molecule has 1 aliphatic rings. The number of carboxylic acids is 1. The first kappa shape index (κ1) is 21.7. The zero-order valence-electron chi connectivity index (χ0n) is 17.1. The van der Waals surface area contributed by atoms with Gasteiger partial charge in [0.25, 0.3) is 0 Å². The number of carboxylic acid groups (broad SMARTS) is 1. The molecular formula is C25H25NO3S. The van der Waals surface area contributed by atoms with Crippen molar-refractivity contribution in [2.24, 2.45) is 0 Å². The highest BCUT2D eigenvalue weighted by molar-refractivity contribution is 8.01. The van der Waals surface area contributed by atoms with Crippen molar-refractivity contribution < 1.29 is 14.7 Å². The molecule has 0 aromatic heterocycles. The van der Waals surface area contributed by atoms with Gasteiger partial charge in [-0.1, -0.05) is 68.4 Å². The molecule has 1 atom stereocenters. The number of carbonyl (C=O) groups is 2. The molecular weight excluding hydrogens is 394 g/mol. The Kier molecular flexibility index (Phi) is 7.31. The molecule has 3 aromatic carbocycles. The van der Waals surface area contributed by atoms with Gasteiger partial charge in [0.15, 0.2) is 0 Å². The number of thioether (sulfide) groups is 1. The van der Waals surface area contributed by atoms with Crippen molar-refractivity contribution in [3.05, 3.63) is 95.6 Å². The first-order valence-corrected chi connectivity index (χ1v) is 10.9. The maximum absolute atomic E-state index is 13.3. The molecule has 154 valence electrons. The second-order valence-corrected chi connectivity index (χ2v) is 7.93. The standard InChI is InChI=1S/C23H19NO3S.C2H6/c25-22-21(14-16-10-12-18(13-11-16)23(26)27)28-20-9-5-4-8-19(20)24(22)15-17-6-2-1-3-7-17;1-2/h1-13,21H,14-15H2,(H,26,27);1-2H3. The molecule has 1 unspecified atom stereocenters. The van der Waals surface area contributed by atoms with Crippen LogP contribution >= 0.6 is 11.8 Å². The van der Waals surface area contributed by atoms with Gasteiger partial charge in [0.1, 0.15) is 0 Å². The van der Waals surface area contributed by atoms with E-state index in [4.69, 9.17) is 5.11 Å². The van der Waals surface area contributed by atoms with Gasteiger partial charge in [-0.05, 0) is 41.8 Å². The first-order valence-electron chi connectivity index (χ1n) is 10.0. The summed E-state index contributed by atoms with van der Waals surface area (Å²) in [7, 11) is 0. The number of carbonyl (C=O) groups excluding carboxylic acids is 1. The van der Waals surface area contributed by atoms with Crippen LogP contribution in [-0.2, 0) is 17.8 Å². The fraction of sp³-hybridized carbons (Fsp3) is 0.200. The van der Waals surface area contributed by atoms with Crippen LogP contribution in [0.3, 0.4) is 0 Å². The zero-order chi connectivity index (χ0) is 21.5. The van der Waals surface area contributed by atoms with Crippen LogP contribution in [0.1, 0.15) is 35.3 Å². The summed E-state index contributed by atoms with van der Waals surface area (Å²) in [6.45, 7) is 4.53. The predicted molar refractivity (Wildman–Crippen MR) is 122 cm³/mol. The van der Waals surface area contributed by atoms with Gasteiger partial charge in [0, 0.05) is 4.90 Å². The number of anilines is 1. The number of hydrogen-bond acceptors (Lipinski definition) is 3. The lowest BCUT2D eigenvalue weighted by Crippen LogP contribution is -2.41. The van der Waals surface area contributed by atoms with Crippen LogP contribution in [0.5, 0.6) is 0 Å². The van der Waals surface area contributed by atoms with E-state index in [1.54, 1.807) is 36.0 Å². The van der Waals surface area contributed by atoms with E-state index >= 15 is 0 Å². The molecule has 0 bridgehead atoms. The highest BCUT2D eigenvalue weighted by Gasteiger charge is 2.33. The number of fused-ring (bicyclic) bond motifs is 1. The molecule has 1 heterocycles. The number of aromatic carboxylic acids is 1. The quantitative estimate of drug-likeness (QED) is 0.580. The van der Waals surface area contributed by atoms with Crippen molar-refractivity contribution in [3.63, 3.8) is 0 Å². The largest absolute Gasteiger partial charge is 0.478 e. The molecule has 0 spiro atoms. The average Bonchev–Trinajstić information content (AvgIpc) is 2.79. The lowest BCUT2D eigenvalue weighted by atomic mass is 10.1. The number of hydrogen-bond donors (Lipinski definition) is 1. The number of amides is 1. The predicted octanol–water partition coefficient (Wildman–Crippen LogP) is 5.66. The SMILES string of the molecule is CC.O=C(O)c1ccc(CC2Sc3ccccc3N(Cc3ccccc3)C2=O)cc1. The van der Waals surface area contributed by atoms with Crippen LogP contribution < -0.4 is 4.90 Å². The minimum atomic E-state index is -0.947. The van der Waals surface area contributed by atoms with E-state index in [1.165, 1.54) is 0 Å². The van der Waals surface area contributed by atoms with E-state index in [0.717, 1.165) is 21.7 Å². The topological polar surface area (TPSA) is 57.6 Å².